The van der Waals surface area contributed by atoms with E-state index < -0.39 is 0 Å². The Hall–Kier alpha value is -0.0800. The Kier molecular flexibility index (Phi) is 2.29. The molecule has 4 fully saturated rings. The molecule has 0 aromatic rings. The van der Waals surface area contributed by atoms with Gasteiger partial charge in [0.1, 0.15) is 0 Å². The lowest BCUT2D eigenvalue weighted by Crippen LogP contribution is -2.47. The summed E-state index contributed by atoms with van der Waals surface area (Å²) in [5.41, 5.74) is 0.722. The third kappa shape index (κ3) is 1.59. The summed E-state index contributed by atoms with van der Waals surface area (Å²) in [5.74, 6) is 1.10. The van der Waals surface area contributed by atoms with E-state index in [0.717, 1.165) is 24.5 Å². The highest BCUT2D eigenvalue weighted by Crippen LogP contribution is 2.46. The SMILES string of the molecule is C1CC2(C1)COC2.C1CN2CCC1C2. The van der Waals surface area contributed by atoms with Gasteiger partial charge in [0, 0.05) is 12.0 Å². The molecule has 0 N–H and O–H groups in total. The highest BCUT2D eigenvalue weighted by molar-refractivity contribution is 4.92. The standard InChI is InChI=1S/C6H11N.C6H10O/c1-3-7-4-2-6(1)5-7;1-2-6(3-1)4-7-5-6/h6H,1-5H2;1-5H2. The summed E-state index contributed by atoms with van der Waals surface area (Å²) in [6, 6.07) is 0. The zero-order chi connectivity index (χ0) is 9.43. The first kappa shape index (κ1) is 9.17. The first-order chi connectivity index (χ1) is 6.86. The van der Waals surface area contributed by atoms with Crippen molar-refractivity contribution in [1.82, 2.24) is 4.90 Å². The van der Waals surface area contributed by atoms with Gasteiger partial charge in [-0.05, 0) is 44.7 Å². The predicted octanol–water partition coefficient (Wildman–Crippen LogP) is 1.90. The molecular formula is C12H21NO. The molecule has 3 heterocycles. The number of rotatable bonds is 0. The van der Waals surface area contributed by atoms with Crippen molar-refractivity contribution in [2.24, 2.45) is 11.3 Å². The zero-order valence-corrected chi connectivity index (χ0v) is 9.00. The molecule has 0 aromatic heterocycles. The van der Waals surface area contributed by atoms with E-state index in [0.29, 0.717) is 0 Å². The molecule has 14 heavy (non-hydrogen) atoms. The van der Waals surface area contributed by atoms with Crippen LogP contribution in [0.25, 0.3) is 0 Å². The Bertz CT molecular complexity index is 175. The maximum absolute atomic E-state index is 5.08. The Labute approximate surface area is 86.6 Å². The monoisotopic (exact) mass is 195 g/mol. The summed E-state index contributed by atoms with van der Waals surface area (Å²) in [6.07, 6.45) is 7.30. The van der Waals surface area contributed by atoms with Crippen molar-refractivity contribution in [2.45, 2.75) is 32.1 Å². The molecule has 0 amide bonds. The van der Waals surface area contributed by atoms with Gasteiger partial charge in [-0.25, -0.2) is 0 Å². The molecule has 2 heteroatoms. The number of hydrogen-bond donors (Lipinski definition) is 0. The summed E-state index contributed by atoms with van der Waals surface area (Å²) in [5, 5.41) is 0. The second-order valence-electron chi connectivity index (χ2n) is 5.59. The number of fused-ring (bicyclic) bond motifs is 2. The predicted molar refractivity (Wildman–Crippen MR) is 56.3 cm³/mol. The highest BCUT2D eigenvalue weighted by atomic mass is 16.5. The van der Waals surface area contributed by atoms with Crippen molar-refractivity contribution in [3.05, 3.63) is 0 Å². The van der Waals surface area contributed by atoms with Crippen LogP contribution in [-0.4, -0.2) is 37.7 Å². The summed E-state index contributed by atoms with van der Waals surface area (Å²) in [4.78, 5) is 2.56. The van der Waals surface area contributed by atoms with Gasteiger partial charge in [0.25, 0.3) is 0 Å². The van der Waals surface area contributed by atoms with Crippen molar-refractivity contribution in [2.75, 3.05) is 32.8 Å². The first-order valence-electron chi connectivity index (χ1n) is 6.16. The van der Waals surface area contributed by atoms with Crippen LogP contribution in [0.1, 0.15) is 32.1 Å². The van der Waals surface area contributed by atoms with E-state index in [9.17, 15) is 0 Å². The van der Waals surface area contributed by atoms with Gasteiger partial charge in [0.05, 0.1) is 13.2 Å². The fourth-order valence-electron chi connectivity index (χ4n) is 3.07. The molecule has 3 saturated heterocycles. The maximum Gasteiger partial charge on any atom is 0.0544 e. The quantitative estimate of drug-likeness (QED) is 0.585. The van der Waals surface area contributed by atoms with Crippen LogP contribution in [-0.2, 0) is 4.74 Å². The van der Waals surface area contributed by atoms with Gasteiger partial charge < -0.3 is 9.64 Å². The summed E-state index contributed by atoms with van der Waals surface area (Å²) >= 11 is 0. The van der Waals surface area contributed by atoms with Gasteiger partial charge in [-0.1, -0.05) is 6.42 Å². The highest BCUT2D eigenvalue weighted by Gasteiger charge is 2.43. The van der Waals surface area contributed by atoms with E-state index >= 15 is 0 Å². The second kappa shape index (κ2) is 3.49. The van der Waals surface area contributed by atoms with Gasteiger partial charge in [0.2, 0.25) is 0 Å². The Morgan fingerprint density at radius 1 is 1.07 bits per heavy atom. The molecule has 1 aliphatic carbocycles. The Balaban J connectivity index is 0.0000000914. The lowest BCUT2D eigenvalue weighted by molar-refractivity contribution is -0.155. The minimum absolute atomic E-state index is 0.722. The largest absolute Gasteiger partial charge is 0.380 e. The van der Waals surface area contributed by atoms with E-state index in [4.69, 9.17) is 4.74 Å². The number of piperidine rings is 1. The molecule has 4 aliphatic rings. The molecule has 0 radical (unpaired) electrons. The molecule has 0 unspecified atom stereocenters. The lowest BCUT2D eigenvalue weighted by atomic mass is 9.67. The number of nitrogens with zero attached hydrogens (tertiary/aromatic N) is 1. The van der Waals surface area contributed by atoms with Crippen LogP contribution < -0.4 is 0 Å². The topological polar surface area (TPSA) is 12.5 Å². The van der Waals surface area contributed by atoms with Crippen LogP contribution in [0.5, 0.6) is 0 Å². The van der Waals surface area contributed by atoms with E-state index in [1.54, 1.807) is 0 Å². The molecule has 3 aliphatic heterocycles. The maximum atomic E-state index is 5.08. The van der Waals surface area contributed by atoms with Gasteiger partial charge in [-0.2, -0.15) is 0 Å². The molecule has 1 saturated carbocycles. The molecule has 4 rings (SSSR count). The van der Waals surface area contributed by atoms with Crippen molar-refractivity contribution >= 4 is 0 Å². The lowest BCUT2D eigenvalue weighted by Gasteiger charge is -2.48. The van der Waals surface area contributed by atoms with Crippen molar-refractivity contribution < 1.29 is 4.74 Å². The van der Waals surface area contributed by atoms with Gasteiger partial charge in [0.15, 0.2) is 0 Å². The van der Waals surface area contributed by atoms with Crippen LogP contribution in [0.2, 0.25) is 0 Å². The third-order valence-corrected chi connectivity index (χ3v) is 4.45. The van der Waals surface area contributed by atoms with Crippen LogP contribution in [0.15, 0.2) is 0 Å². The van der Waals surface area contributed by atoms with Gasteiger partial charge in [-0.15, -0.1) is 0 Å². The van der Waals surface area contributed by atoms with E-state index in [-0.39, 0.29) is 0 Å². The average Bonchev–Trinajstić information content (AvgIpc) is 2.60. The minimum atomic E-state index is 0.722. The molecule has 0 aromatic carbocycles. The summed E-state index contributed by atoms with van der Waals surface area (Å²) in [7, 11) is 0. The van der Waals surface area contributed by atoms with E-state index in [1.807, 2.05) is 0 Å². The molecule has 2 bridgehead atoms. The van der Waals surface area contributed by atoms with Crippen LogP contribution in [0, 0.1) is 11.3 Å². The summed E-state index contributed by atoms with van der Waals surface area (Å²) < 4.78 is 5.08. The van der Waals surface area contributed by atoms with Crippen molar-refractivity contribution in [3.8, 4) is 0 Å². The molecule has 0 atom stereocenters. The van der Waals surface area contributed by atoms with E-state index in [2.05, 4.69) is 4.90 Å². The zero-order valence-electron chi connectivity index (χ0n) is 9.00. The summed E-state index contributed by atoms with van der Waals surface area (Å²) in [6.45, 7) is 6.33. The fraction of sp³-hybridized carbons (Fsp3) is 1.00. The van der Waals surface area contributed by atoms with E-state index in [1.165, 1.54) is 51.7 Å². The molecular weight excluding hydrogens is 174 g/mol. The first-order valence-corrected chi connectivity index (χ1v) is 6.16. The third-order valence-electron chi connectivity index (χ3n) is 4.45. The number of ether oxygens (including phenoxy) is 1. The van der Waals surface area contributed by atoms with Gasteiger partial charge >= 0.3 is 0 Å². The van der Waals surface area contributed by atoms with Crippen LogP contribution in [0.3, 0.4) is 0 Å². The molecule has 2 nitrogen and oxygen atoms in total. The fourth-order valence-corrected chi connectivity index (χ4v) is 3.07. The Morgan fingerprint density at radius 3 is 1.86 bits per heavy atom. The van der Waals surface area contributed by atoms with Crippen molar-refractivity contribution in [1.29, 1.82) is 0 Å². The Morgan fingerprint density at radius 2 is 1.79 bits per heavy atom. The normalized spacial score (nSPS) is 41.1. The molecule has 80 valence electrons. The van der Waals surface area contributed by atoms with Crippen molar-refractivity contribution in [3.63, 3.8) is 0 Å². The minimum Gasteiger partial charge on any atom is -0.380 e. The van der Waals surface area contributed by atoms with Gasteiger partial charge in [-0.3, -0.25) is 0 Å². The second-order valence-corrected chi connectivity index (χ2v) is 5.59. The average molecular weight is 195 g/mol. The smallest absolute Gasteiger partial charge is 0.0544 e. The van der Waals surface area contributed by atoms with Crippen LogP contribution in [0.4, 0.5) is 0 Å². The van der Waals surface area contributed by atoms with Crippen LogP contribution >= 0.6 is 0 Å². The number of hydrogen-bond acceptors (Lipinski definition) is 2. The molecule has 1 spiro atoms.